The third-order valence-electron chi connectivity index (χ3n) is 4.92. The highest BCUT2D eigenvalue weighted by Crippen LogP contribution is 2.33. The van der Waals surface area contributed by atoms with Crippen LogP contribution in [-0.4, -0.2) is 41.7 Å². The lowest BCUT2D eigenvalue weighted by atomic mass is 9.82. The Balaban J connectivity index is 1.67. The molecule has 1 atom stereocenters. The van der Waals surface area contributed by atoms with E-state index in [1.807, 2.05) is 44.2 Å². The highest BCUT2D eigenvalue weighted by Gasteiger charge is 2.40. The normalized spacial score (nSPS) is 21.3. The molecule has 1 fully saturated rings. The number of hydrogen-bond acceptors (Lipinski definition) is 6. The highest BCUT2D eigenvalue weighted by molar-refractivity contribution is 7.89. The molecule has 1 aromatic heterocycles. The van der Waals surface area contributed by atoms with E-state index in [0.29, 0.717) is 31.2 Å². The SMILES string of the molecule is CCCCS(=O)(=O)N1CCCC(C)(c2noc(COc3ccccc3)n2)C1. The Kier molecular flexibility index (Phi) is 6.16. The molecule has 7 nitrogen and oxygen atoms in total. The van der Waals surface area contributed by atoms with Gasteiger partial charge in [-0.25, -0.2) is 12.7 Å². The Morgan fingerprint density at radius 1 is 1.30 bits per heavy atom. The number of ether oxygens (including phenoxy) is 1. The summed E-state index contributed by atoms with van der Waals surface area (Å²) in [5, 5.41) is 4.11. The second-order valence-corrected chi connectivity index (χ2v) is 9.37. The molecule has 27 heavy (non-hydrogen) atoms. The van der Waals surface area contributed by atoms with Gasteiger partial charge in [-0.1, -0.05) is 43.6 Å². The molecule has 0 radical (unpaired) electrons. The van der Waals surface area contributed by atoms with E-state index in [1.165, 1.54) is 0 Å². The molecule has 0 amide bonds. The van der Waals surface area contributed by atoms with E-state index in [9.17, 15) is 8.42 Å². The lowest BCUT2D eigenvalue weighted by Gasteiger charge is -2.37. The standard InChI is InChI=1S/C19H27N3O4S/c1-3-4-13-27(23,24)22-12-8-11-19(2,15-22)18-20-17(26-21-18)14-25-16-9-6-5-7-10-16/h5-7,9-10H,3-4,8,11-15H2,1-2H3. The van der Waals surface area contributed by atoms with Gasteiger partial charge >= 0.3 is 0 Å². The molecule has 0 aliphatic carbocycles. The summed E-state index contributed by atoms with van der Waals surface area (Å²) >= 11 is 0. The minimum Gasteiger partial charge on any atom is -0.484 e. The molecule has 8 heteroatoms. The van der Waals surface area contributed by atoms with Gasteiger partial charge in [-0.15, -0.1) is 0 Å². The third-order valence-corrected chi connectivity index (χ3v) is 6.83. The van der Waals surface area contributed by atoms with Crippen molar-refractivity contribution in [2.24, 2.45) is 0 Å². The Morgan fingerprint density at radius 2 is 2.07 bits per heavy atom. The van der Waals surface area contributed by atoms with Gasteiger partial charge in [0.2, 0.25) is 10.0 Å². The van der Waals surface area contributed by atoms with Gasteiger partial charge in [0.25, 0.3) is 5.89 Å². The molecular weight excluding hydrogens is 366 g/mol. The van der Waals surface area contributed by atoms with Crippen LogP contribution < -0.4 is 4.74 Å². The first-order valence-electron chi connectivity index (χ1n) is 9.42. The van der Waals surface area contributed by atoms with Crippen molar-refractivity contribution in [3.05, 3.63) is 42.0 Å². The Labute approximate surface area is 160 Å². The molecule has 3 rings (SSSR count). The van der Waals surface area contributed by atoms with Crippen molar-refractivity contribution < 1.29 is 17.7 Å². The van der Waals surface area contributed by atoms with Crippen LogP contribution in [0.3, 0.4) is 0 Å². The van der Waals surface area contributed by atoms with E-state index in [-0.39, 0.29) is 12.4 Å². The minimum atomic E-state index is -3.24. The molecule has 148 valence electrons. The lowest BCUT2D eigenvalue weighted by Crippen LogP contribution is -2.48. The van der Waals surface area contributed by atoms with Crippen LogP contribution in [0.1, 0.15) is 51.2 Å². The first-order chi connectivity index (χ1) is 12.9. The fraction of sp³-hybridized carbons (Fsp3) is 0.579. The van der Waals surface area contributed by atoms with Crippen molar-refractivity contribution in [2.45, 2.75) is 51.6 Å². The molecule has 1 aromatic carbocycles. The number of piperidine rings is 1. The topological polar surface area (TPSA) is 85.5 Å². The van der Waals surface area contributed by atoms with Crippen molar-refractivity contribution >= 4 is 10.0 Å². The fourth-order valence-electron chi connectivity index (χ4n) is 3.29. The average molecular weight is 394 g/mol. The molecule has 2 aromatic rings. The zero-order valence-electron chi connectivity index (χ0n) is 15.9. The molecule has 1 aliphatic heterocycles. The van der Waals surface area contributed by atoms with Gasteiger partial charge < -0.3 is 9.26 Å². The van der Waals surface area contributed by atoms with Gasteiger partial charge in [-0.2, -0.15) is 4.98 Å². The first-order valence-corrected chi connectivity index (χ1v) is 11.0. The van der Waals surface area contributed by atoms with Crippen LogP contribution in [0.4, 0.5) is 0 Å². The number of unbranched alkanes of at least 4 members (excludes halogenated alkanes) is 1. The Bertz CT molecular complexity index is 838. The number of hydrogen-bond donors (Lipinski definition) is 0. The fourth-order valence-corrected chi connectivity index (χ4v) is 5.09. The number of sulfonamides is 1. The monoisotopic (exact) mass is 393 g/mol. The van der Waals surface area contributed by atoms with Gasteiger partial charge in [-0.05, 0) is 31.4 Å². The van der Waals surface area contributed by atoms with Crippen LogP contribution in [0.5, 0.6) is 5.75 Å². The smallest absolute Gasteiger partial charge is 0.264 e. The summed E-state index contributed by atoms with van der Waals surface area (Å²) in [7, 11) is -3.24. The Hall–Kier alpha value is -1.93. The largest absolute Gasteiger partial charge is 0.484 e. The number of aromatic nitrogens is 2. The van der Waals surface area contributed by atoms with Crippen molar-refractivity contribution in [3.8, 4) is 5.75 Å². The maximum Gasteiger partial charge on any atom is 0.264 e. The molecule has 0 saturated carbocycles. The predicted molar refractivity (Wildman–Crippen MR) is 102 cm³/mol. The van der Waals surface area contributed by atoms with Crippen molar-refractivity contribution in [3.63, 3.8) is 0 Å². The molecular formula is C19H27N3O4S. The molecule has 0 bridgehead atoms. The van der Waals surface area contributed by atoms with E-state index in [4.69, 9.17) is 9.26 Å². The van der Waals surface area contributed by atoms with E-state index >= 15 is 0 Å². The van der Waals surface area contributed by atoms with Crippen LogP contribution in [0.25, 0.3) is 0 Å². The van der Waals surface area contributed by atoms with Crippen LogP contribution in [0, 0.1) is 0 Å². The number of rotatable bonds is 8. The maximum atomic E-state index is 12.6. The lowest BCUT2D eigenvalue weighted by molar-refractivity contribution is 0.221. The zero-order valence-corrected chi connectivity index (χ0v) is 16.7. The maximum absolute atomic E-state index is 12.6. The third kappa shape index (κ3) is 4.87. The van der Waals surface area contributed by atoms with Crippen LogP contribution in [-0.2, 0) is 22.0 Å². The molecule has 1 saturated heterocycles. The summed E-state index contributed by atoms with van der Waals surface area (Å²) < 4.78 is 37.7. The molecule has 0 spiro atoms. The number of nitrogens with zero attached hydrogens (tertiary/aromatic N) is 3. The van der Waals surface area contributed by atoms with E-state index < -0.39 is 15.4 Å². The van der Waals surface area contributed by atoms with Gasteiger partial charge in [0.1, 0.15) is 5.75 Å². The van der Waals surface area contributed by atoms with Gasteiger partial charge in [0.05, 0.1) is 5.75 Å². The summed E-state index contributed by atoms with van der Waals surface area (Å²) in [4.78, 5) is 4.48. The van der Waals surface area contributed by atoms with E-state index in [1.54, 1.807) is 4.31 Å². The summed E-state index contributed by atoms with van der Waals surface area (Å²) in [5.74, 6) is 1.86. The zero-order chi connectivity index (χ0) is 19.3. The summed E-state index contributed by atoms with van der Waals surface area (Å²) in [6.45, 7) is 5.13. The van der Waals surface area contributed by atoms with Crippen molar-refractivity contribution in [1.82, 2.24) is 14.4 Å². The minimum absolute atomic E-state index is 0.186. The highest BCUT2D eigenvalue weighted by atomic mass is 32.2. The molecule has 1 unspecified atom stereocenters. The molecule has 1 aliphatic rings. The van der Waals surface area contributed by atoms with Gasteiger partial charge in [-0.3, -0.25) is 0 Å². The molecule has 2 heterocycles. The van der Waals surface area contributed by atoms with E-state index in [0.717, 1.165) is 25.0 Å². The summed E-state index contributed by atoms with van der Waals surface area (Å²) in [6.07, 6.45) is 3.15. The van der Waals surface area contributed by atoms with Crippen molar-refractivity contribution in [2.75, 3.05) is 18.8 Å². The quantitative estimate of drug-likeness (QED) is 0.685. The Morgan fingerprint density at radius 3 is 2.81 bits per heavy atom. The van der Waals surface area contributed by atoms with Gasteiger partial charge in [0, 0.05) is 18.5 Å². The summed E-state index contributed by atoms with van der Waals surface area (Å²) in [5.41, 5.74) is -0.452. The number of para-hydroxylation sites is 1. The second-order valence-electron chi connectivity index (χ2n) is 7.28. The predicted octanol–water partition coefficient (Wildman–Crippen LogP) is 3.13. The van der Waals surface area contributed by atoms with Crippen LogP contribution in [0.2, 0.25) is 0 Å². The van der Waals surface area contributed by atoms with Crippen molar-refractivity contribution in [1.29, 1.82) is 0 Å². The second kappa shape index (κ2) is 8.39. The summed E-state index contributed by atoms with van der Waals surface area (Å²) in [6, 6.07) is 9.43. The first kappa shape index (κ1) is 19.8. The van der Waals surface area contributed by atoms with E-state index in [2.05, 4.69) is 10.1 Å². The van der Waals surface area contributed by atoms with Crippen LogP contribution >= 0.6 is 0 Å². The van der Waals surface area contributed by atoms with Crippen LogP contribution in [0.15, 0.2) is 34.9 Å². The molecule has 0 N–H and O–H groups in total. The van der Waals surface area contributed by atoms with Gasteiger partial charge in [0.15, 0.2) is 12.4 Å². The number of benzene rings is 1. The average Bonchev–Trinajstić information content (AvgIpc) is 3.16.